The van der Waals surface area contributed by atoms with Crippen molar-refractivity contribution in [2.75, 3.05) is 19.8 Å². The van der Waals surface area contributed by atoms with Crippen molar-refractivity contribution in [1.82, 2.24) is 4.98 Å². The molecule has 21 heavy (non-hydrogen) atoms. The molecule has 0 bridgehead atoms. The minimum absolute atomic E-state index is 0.315. The van der Waals surface area contributed by atoms with Gasteiger partial charge in [0.1, 0.15) is 4.99 Å². The van der Waals surface area contributed by atoms with E-state index in [9.17, 15) is 0 Å². The van der Waals surface area contributed by atoms with Crippen molar-refractivity contribution < 1.29 is 9.47 Å². The van der Waals surface area contributed by atoms with E-state index in [1.807, 2.05) is 30.3 Å². The van der Waals surface area contributed by atoms with E-state index < -0.39 is 0 Å². The fourth-order valence-electron chi connectivity index (χ4n) is 2.49. The number of pyridine rings is 1. The van der Waals surface area contributed by atoms with Crippen LogP contribution in [0.2, 0.25) is 0 Å². The Morgan fingerprint density at radius 1 is 1.33 bits per heavy atom. The summed E-state index contributed by atoms with van der Waals surface area (Å²) >= 11 is 5.12. The van der Waals surface area contributed by atoms with Crippen molar-refractivity contribution in [3.8, 4) is 5.88 Å². The monoisotopic (exact) mass is 302 g/mol. The van der Waals surface area contributed by atoms with E-state index in [4.69, 9.17) is 27.4 Å². The molecule has 1 fully saturated rings. The topological polar surface area (TPSA) is 57.4 Å². The number of ether oxygens (including phenoxy) is 2. The van der Waals surface area contributed by atoms with E-state index in [-0.39, 0.29) is 0 Å². The van der Waals surface area contributed by atoms with Crippen LogP contribution < -0.4 is 10.5 Å². The van der Waals surface area contributed by atoms with Crippen LogP contribution in [0.5, 0.6) is 5.88 Å². The molecule has 0 unspecified atom stereocenters. The van der Waals surface area contributed by atoms with Gasteiger partial charge in [-0.3, -0.25) is 0 Å². The van der Waals surface area contributed by atoms with E-state index in [1.165, 1.54) is 0 Å². The predicted molar refractivity (Wildman–Crippen MR) is 86.7 cm³/mol. The quantitative estimate of drug-likeness (QED) is 0.880. The third-order valence-electron chi connectivity index (χ3n) is 3.75. The summed E-state index contributed by atoms with van der Waals surface area (Å²) in [5.41, 5.74) is 7.40. The van der Waals surface area contributed by atoms with Gasteiger partial charge in [-0.2, -0.15) is 0 Å². The van der Waals surface area contributed by atoms with Gasteiger partial charge in [0, 0.05) is 18.6 Å². The molecular weight excluding hydrogens is 284 g/mol. The number of para-hydroxylation sites is 1. The number of hydrogen-bond donors (Lipinski definition) is 1. The number of rotatable bonds is 4. The molecule has 1 aromatic heterocycles. The molecule has 3 rings (SSSR count). The lowest BCUT2D eigenvalue weighted by atomic mass is 10.0. The maximum atomic E-state index is 5.91. The second-order valence-electron chi connectivity index (χ2n) is 5.26. The summed E-state index contributed by atoms with van der Waals surface area (Å²) in [5.74, 6) is 1.04. The predicted octanol–water partition coefficient (Wildman–Crippen LogP) is 2.67. The Morgan fingerprint density at radius 3 is 2.86 bits per heavy atom. The Labute approximate surface area is 129 Å². The van der Waals surface area contributed by atoms with Crippen LogP contribution in [0.3, 0.4) is 0 Å². The van der Waals surface area contributed by atoms with Gasteiger partial charge in [0.25, 0.3) is 0 Å². The summed E-state index contributed by atoms with van der Waals surface area (Å²) in [6.07, 6.45) is 2.05. The van der Waals surface area contributed by atoms with Crippen LogP contribution in [0.15, 0.2) is 30.3 Å². The molecule has 0 spiro atoms. The minimum atomic E-state index is 0.315. The highest BCUT2D eigenvalue weighted by molar-refractivity contribution is 7.80. The molecule has 0 atom stereocenters. The lowest BCUT2D eigenvalue weighted by Gasteiger charge is -2.22. The van der Waals surface area contributed by atoms with Crippen molar-refractivity contribution in [2.24, 2.45) is 11.7 Å². The van der Waals surface area contributed by atoms with Crippen molar-refractivity contribution in [3.05, 3.63) is 35.9 Å². The molecule has 4 nitrogen and oxygen atoms in total. The van der Waals surface area contributed by atoms with Crippen molar-refractivity contribution >= 4 is 28.1 Å². The van der Waals surface area contributed by atoms with Gasteiger partial charge in [0.15, 0.2) is 0 Å². The minimum Gasteiger partial charge on any atom is -0.477 e. The zero-order valence-corrected chi connectivity index (χ0v) is 12.6. The molecule has 0 radical (unpaired) electrons. The molecule has 2 N–H and O–H groups in total. The number of nitrogens with two attached hydrogens (primary N) is 1. The Hall–Kier alpha value is -1.72. The lowest BCUT2D eigenvalue weighted by Crippen LogP contribution is -2.22. The molecule has 1 aromatic carbocycles. The molecule has 2 aromatic rings. The van der Waals surface area contributed by atoms with E-state index >= 15 is 0 Å². The Morgan fingerprint density at radius 2 is 2.10 bits per heavy atom. The molecule has 1 aliphatic rings. The fourth-order valence-corrected chi connectivity index (χ4v) is 2.64. The van der Waals surface area contributed by atoms with Gasteiger partial charge in [-0.15, -0.1) is 0 Å². The summed E-state index contributed by atoms with van der Waals surface area (Å²) in [7, 11) is 0. The van der Waals surface area contributed by atoms with Gasteiger partial charge in [-0.05, 0) is 30.9 Å². The maximum Gasteiger partial charge on any atom is 0.224 e. The molecule has 1 aliphatic heterocycles. The molecule has 0 saturated carbocycles. The number of aromatic nitrogens is 1. The maximum absolute atomic E-state index is 5.91. The Bertz CT molecular complexity index is 654. The van der Waals surface area contributed by atoms with Gasteiger partial charge >= 0.3 is 0 Å². The normalized spacial score (nSPS) is 16.0. The summed E-state index contributed by atoms with van der Waals surface area (Å²) in [4.78, 5) is 4.87. The number of benzene rings is 1. The van der Waals surface area contributed by atoms with E-state index in [2.05, 4.69) is 4.98 Å². The van der Waals surface area contributed by atoms with Crippen molar-refractivity contribution in [3.63, 3.8) is 0 Å². The number of nitrogens with zero attached hydrogens (tertiary/aromatic N) is 1. The highest BCUT2D eigenvalue weighted by atomic mass is 32.1. The van der Waals surface area contributed by atoms with Crippen LogP contribution >= 0.6 is 12.2 Å². The standard InChI is InChI=1S/C16H18N2O2S/c17-15(21)13-9-12-3-1-2-4-14(12)18-16(13)20-10-11-5-7-19-8-6-11/h1-4,9,11H,5-8,10H2,(H2,17,21). The van der Waals surface area contributed by atoms with Crippen LogP contribution in [-0.4, -0.2) is 29.8 Å². The highest BCUT2D eigenvalue weighted by Gasteiger charge is 2.17. The van der Waals surface area contributed by atoms with Crippen LogP contribution in [0.25, 0.3) is 10.9 Å². The third-order valence-corrected chi connectivity index (χ3v) is 3.97. The Kier molecular flexibility index (Phi) is 4.31. The van der Waals surface area contributed by atoms with Gasteiger partial charge in [0.05, 0.1) is 17.7 Å². The average molecular weight is 302 g/mol. The second kappa shape index (κ2) is 6.37. The molecule has 2 heterocycles. The summed E-state index contributed by atoms with van der Waals surface area (Å²) < 4.78 is 11.3. The largest absolute Gasteiger partial charge is 0.477 e. The van der Waals surface area contributed by atoms with E-state index in [0.29, 0.717) is 29.0 Å². The first-order chi connectivity index (χ1) is 10.2. The molecule has 0 amide bonds. The molecule has 0 aliphatic carbocycles. The van der Waals surface area contributed by atoms with Crippen LogP contribution in [-0.2, 0) is 4.74 Å². The molecule has 110 valence electrons. The first kappa shape index (κ1) is 14.2. The first-order valence-electron chi connectivity index (χ1n) is 7.14. The Balaban J connectivity index is 1.84. The average Bonchev–Trinajstić information content (AvgIpc) is 2.53. The van der Waals surface area contributed by atoms with Crippen molar-refractivity contribution in [2.45, 2.75) is 12.8 Å². The smallest absolute Gasteiger partial charge is 0.224 e. The van der Waals surface area contributed by atoms with E-state index in [0.717, 1.165) is 37.0 Å². The van der Waals surface area contributed by atoms with Crippen LogP contribution in [0.1, 0.15) is 18.4 Å². The first-order valence-corrected chi connectivity index (χ1v) is 7.55. The zero-order valence-electron chi connectivity index (χ0n) is 11.7. The van der Waals surface area contributed by atoms with Crippen LogP contribution in [0.4, 0.5) is 0 Å². The third kappa shape index (κ3) is 3.31. The number of fused-ring (bicyclic) bond motifs is 1. The lowest BCUT2D eigenvalue weighted by molar-refractivity contribution is 0.0491. The zero-order chi connectivity index (χ0) is 14.7. The molecule has 1 saturated heterocycles. The van der Waals surface area contributed by atoms with Gasteiger partial charge in [-0.1, -0.05) is 30.4 Å². The van der Waals surface area contributed by atoms with Gasteiger partial charge in [-0.25, -0.2) is 4.98 Å². The highest BCUT2D eigenvalue weighted by Crippen LogP contribution is 2.24. The van der Waals surface area contributed by atoms with Crippen LogP contribution in [0, 0.1) is 5.92 Å². The number of hydrogen-bond acceptors (Lipinski definition) is 4. The van der Waals surface area contributed by atoms with Crippen molar-refractivity contribution in [1.29, 1.82) is 0 Å². The SMILES string of the molecule is NC(=S)c1cc2ccccc2nc1OCC1CCOCC1. The summed E-state index contributed by atoms with van der Waals surface area (Å²) in [5, 5.41) is 1.01. The number of thiocarbonyl (C=S) groups is 1. The van der Waals surface area contributed by atoms with Gasteiger partial charge in [0.2, 0.25) is 5.88 Å². The van der Waals surface area contributed by atoms with Gasteiger partial charge < -0.3 is 15.2 Å². The second-order valence-corrected chi connectivity index (χ2v) is 5.70. The molecule has 5 heteroatoms. The molecular formula is C16H18N2O2S. The van der Waals surface area contributed by atoms with E-state index in [1.54, 1.807) is 0 Å². The summed E-state index contributed by atoms with van der Waals surface area (Å²) in [6, 6.07) is 9.82. The fraction of sp³-hybridized carbons (Fsp3) is 0.375. The summed E-state index contributed by atoms with van der Waals surface area (Å²) in [6.45, 7) is 2.24.